The highest BCUT2D eigenvalue weighted by atomic mass is 31.3. The van der Waals surface area contributed by atoms with Crippen LogP contribution in [0.4, 0.5) is 0 Å². The van der Waals surface area contributed by atoms with E-state index in [4.69, 9.17) is 14.3 Å². The molecule has 0 amide bonds. The largest absolute Gasteiger partial charge is 0.786 e. The molecule has 0 heterocycles. The lowest BCUT2D eigenvalue weighted by Crippen LogP contribution is -2.03. The van der Waals surface area contributed by atoms with Crippen LogP contribution in [0.25, 0.3) is 0 Å². The standard InChI is InChI=1S/C18H39O6P2/c1-2-3-4-5-6-7-8-9-10-11-12-13-14-15-16-17-18-23-25(19)24-26(20,21)22/h2-18H2,1H3,(H2,20,21,22)/q-1. The lowest BCUT2D eigenvalue weighted by molar-refractivity contribution is -0.197. The zero-order chi connectivity index (χ0) is 19.5. The zero-order valence-electron chi connectivity index (χ0n) is 16.4. The van der Waals surface area contributed by atoms with Crippen molar-refractivity contribution in [3.63, 3.8) is 0 Å². The smallest absolute Gasteiger partial charge is 0.473 e. The van der Waals surface area contributed by atoms with E-state index in [-0.39, 0.29) is 6.61 Å². The summed E-state index contributed by atoms with van der Waals surface area (Å²) in [5.74, 6) is 0. The minimum absolute atomic E-state index is 0.202. The van der Waals surface area contributed by atoms with Gasteiger partial charge in [-0.2, -0.15) is 0 Å². The van der Waals surface area contributed by atoms with Crippen LogP contribution in [0.15, 0.2) is 0 Å². The summed E-state index contributed by atoms with van der Waals surface area (Å²) >= 11 is 0. The summed E-state index contributed by atoms with van der Waals surface area (Å²) in [7, 11) is -7.45. The monoisotopic (exact) mass is 413 g/mol. The Kier molecular flexibility index (Phi) is 19.1. The summed E-state index contributed by atoms with van der Waals surface area (Å²) in [5, 5.41) is 0. The molecule has 0 saturated heterocycles. The molecule has 158 valence electrons. The van der Waals surface area contributed by atoms with Crippen LogP contribution in [0.5, 0.6) is 0 Å². The summed E-state index contributed by atoms with van der Waals surface area (Å²) in [4.78, 5) is 27.9. The van der Waals surface area contributed by atoms with E-state index in [1.165, 1.54) is 83.5 Å². The predicted octanol–water partition coefficient (Wildman–Crippen LogP) is 5.96. The van der Waals surface area contributed by atoms with Gasteiger partial charge in [-0.1, -0.05) is 103 Å². The third kappa shape index (κ3) is 22.5. The Morgan fingerprint density at radius 1 is 0.731 bits per heavy atom. The van der Waals surface area contributed by atoms with Gasteiger partial charge in [0.05, 0.1) is 15.2 Å². The molecule has 0 aromatic carbocycles. The molecule has 0 aliphatic heterocycles. The maximum atomic E-state index is 11.0. The zero-order valence-corrected chi connectivity index (χ0v) is 18.2. The van der Waals surface area contributed by atoms with Gasteiger partial charge in [-0.3, -0.25) is 4.31 Å². The van der Waals surface area contributed by atoms with Crippen LogP contribution >= 0.6 is 16.4 Å². The maximum Gasteiger partial charge on any atom is 0.473 e. The summed E-state index contributed by atoms with van der Waals surface area (Å²) in [6.45, 7) is 2.46. The van der Waals surface area contributed by atoms with Crippen molar-refractivity contribution >= 4 is 16.4 Å². The normalized spacial score (nSPS) is 13.2. The molecular formula is C18H39O6P2-. The molecule has 6 nitrogen and oxygen atoms in total. The molecule has 0 aliphatic carbocycles. The molecule has 0 fully saturated rings. The van der Waals surface area contributed by atoms with Crippen molar-refractivity contribution in [2.24, 2.45) is 0 Å². The van der Waals surface area contributed by atoms with Crippen LogP contribution < -0.4 is 4.89 Å². The van der Waals surface area contributed by atoms with E-state index in [0.717, 1.165) is 19.3 Å². The lowest BCUT2D eigenvalue weighted by atomic mass is 10.0. The molecule has 0 saturated carbocycles. The second kappa shape index (κ2) is 18.8. The van der Waals surface area contributed by atoms with Crippen LogP contribution in [0.2, 0.25) is 0 Å². The number of unbranched alkanes of at least 4 members (excludes halogenated alkanes) is 15. The lowest BCUT2D eigenvalue weighted by Gasteiger charge is -2.21. The van der Waals surface area contributed by atoms with Gasteiger partial charge in [0.15, 0.2) is 0 Å². The Morgan fingerprint density at radius 3 is 1.42 bits per heavy atom. The van der Waals surface area contributed by atoms with Crippen molar-refractivity contribution in [3.8, 4) is 0 Å². The average Bonchev–Trinajstić information content (AvgIpc) is 2.56. The number of hydrogen-bond donors (Lipinski definition) is 2. The topological polar surface area (TPSA) is 99.0 Å². The third-order valence-corrected chi connectivity index (χ3v) is 6.15. The highest BCUT2D eigenvalue weighted by Crippen LogP contribution is 2.49. The molecule has 2 N–H and O–H groups in total. The highest BCUT2D eigenvalue weighted by Gasteiger charge is 2.16. The molecule has 0 rings (SSSR count). The molecule has 0 aromatic rings. The summed E-state index contributed by atoms with van der Waals surface area (Å²) in [5.41, 5.74) is 0. The molecule has 0 bridgehead atoms. The number of phosphoric acid groups is 1. The van der Waals surface area contributed by atoms with Crippen molar-refractivity contribution < 1.29 is 28.1 Å². The Labute approximate surface area is 161 Å². The van der Waals surface area contributed by atoms with E-state index in [2.05, 4.69) is 11.2 Å². The molecule has 0 spiro atoms. The Bertz CT molecular complexity index is 338. The van der Waals surface area contributed by atoms with Gasteiger partial charge in [0.25, 0.3) is 0 Å². The Morgan fingerprint density at radius 2 is 1.08 bits per heavy atom. The van der Waals surface area contributed by atoms with Crippen molar-refractivity contribution in [1.82, 2.24) is 0 Å². The summed E-state index contributed by atoms with van der Waals surface area (Å²) in [6, 6.07) is 0. The van der Waals surface area contributed by atoms with Crippen molar-refractivity contribution in [3.05, 3.63) is 0 Å². The van der Waals surface area contributed by atoms with Gasteiger partial charge in [-0.15, -0.1) is 0 Å². The van der Waals surface area contributed by atoms with Gasteiger partial charge >= 0.3 is 7.82 Å². The summed E-state index contributed by atoms with van der Waals surface area (Å²) < 4.78 is 19.1. The van der Waals surface area contributed by atoms with Crippen molar-refractivity contribution in [2.75, 3.05) is 6.61 Å². The molecule has 1 unspecified atom stereocenters. The van der Waals surface area contributed by atoms with E-state index in [1.54, 1.807) is 0 Å². The molecule has 0 aliphatic rings. The first-order chi connectivity index (χ1) is 12.5. The van der Waals surface area contributed by atoms with Crippen LogP contribution in [-0.4, -0.2) is 16.4 Å². The molecule has 0 aromatic heterocycles. The number of rotatable bonds is 20. The molecule has 26 heavy (non-hydrogen) atoms. The van der Waals surface area contributed by atoms with Gasteiger partial charge in [0.2, 0.25) is 0 Å². The van der Waals surface area contributed by atoms with Crippen LogP contribution in [0.1, 0.15) is 110 Å². The van der Waals surface area contributed by atoms with Crippen molar-refractivity contribution in [2.45, 2.75) is 110 Å². The fourth-order valence-corrected chi connectivity index (χ4v) is 4.06. The molecule has 8 heteroatoms. The van der Waals surface area contributed by atoms with Crippen molar-refractivity contribution in [1.29, 1.82) is 0 Å². The fourth-order valence-electron chi connectivity index (χ4n) is 2.90. The molecular weight excluding hydrogens is 374 g/mol. The van der Waals surface area contributed by atoms with Gasteiger partial charge in [-0.25, -0.2) is 4.57 Å². The summed E-state index contributed by atoms with van der Waals surface area (Å²) in [6.07, 6.45) is 20.3. The van der Waals surface area contributed by atoms with Gasteiger partial charge < -0.3 is 19.2 Å². The third-order valence-electron chi connectivity index (χ3n) is 4.37. The first kappa shape index (κ1) is 26.5. The van der Waals surface area contributed by atoms with E-state index >= 15 is 0 Å². The van der Waals surface area contributed by atoms with Gasteiger partial charge in [0, 0.05) is 0 Å². The Balaban J connectivity index is 3.12. The highest BCUT2D eigenvalue weighted by molar-refractivity contribution is 7.57. The minimum atomic E-state index is -4.72. The molecule has 0 radical (unpaired) electrons. The van der Waals surface area contributed by atoms with Crippen LogP contribution in [-0.2, 0) is 13.4 Å². The quantitative estimate of drug-likeness (QED) is 0.189. The van der Waals surface area contributed by atoms with E-state index in [0.29, 0.717) is 0 Å². The van der Waals surface area contributed by atoms with E-state index in [1.807, 2.05) is 0 Å². The predicted molar refractivity (Wildman–Crippen MR) is 106 cm³/mol. The second-order valence-corrected chi connectivity index (χ2v) is 9.27. The first-order valence-corrected chi connectivity index (χ1v) is 12.9. The van der Waals surface area contributed by atoms with Crippen LogP contribution in [0.3, 0.4) is 0 Å². The Hall–Kier alpha value is 0.460. The molecule has 1 atom stereocenters. The average molecular weight is 413 g/mol. The maximum absolute atomic E-state index is 11.0. The van der Waals surface area contributed by atoms with E-state index in [9.17, 15) is 9.46 Å². The van der Waals surface area contributed by atoms with Crippen LogP contribution in [0, 0.1) is 0 Å². The SMILES string of the molecule is CCCCCCCCCCCCCCCCCCOP([O-])OP(=O)(O)O. The second-order valence-electron chi connectivity index (χ2n) is 6.93. The minimum Gasteiger partial charge on any atom is -0.786 e. The van der Waals surface area contributed by atoms with E-state index < -0.39 is 16.4 Å². The van der Waals surface area contributed by atoms with Gasteiger partial charge in [-0.05, 0) is 6.42 Å². The van der Waals surface area contributed by atoms with Gasteiger partial charge in [0.1, 0.15) is 0 Å². The first-order valence-electron chi connectivity index (χ1n) is 10.3. The number of hydrogen-bond acceptors (Lipinski definition) is 4. The fraction of sp³-hybridized carbons (Fsp3) is 1.00.